The number of hydrogen-bond donors (Lipinski definition) is 1. The van der Waals surface area contributed by atoms with Crippen molar-refractivity contribution in [2.24, 2.45) is 0 Å². The van der Waals surface area contributed by atoms with E-state index in [1.54, 1.807) is 20.8 Å². The minimum absolute atomic E-state index is 0.0412. The van der Waals surface area contributed by atoms with E-state index in [4.69, 9.17) is 9.15 Å². The van der Waals surface area contributed by atoms with Crippen LogP contribution in [0.25, 0.3) is 17.3 Å². The molecule has 1 aromatic carbocycles. The molecule has 12 nitrogen and oxygen atoms in total. The highest BCUT2D eigenvalue weighted by molar-refractivity contribution is 6.01. The van der Waals surface area contributed by atoms with Gasteiger partial charge in [0.25, 0.3) is 5.89 Å². The molecule has 3 aromatic heterocycles. The van der Waals surface area contributed by atoms with Crippen LogP contribution in [0.5, 0.6) is 0 Å². The predicted molar refractivity (Wildman–Crippen MR) is 162 cm³/mol. The minimum atomic E-state index is -4.61. The van der Waals surface area contributed by atoms with Gasteiger partial charge in [-0.15, -0.1) is 10.2 Å². The van der Waals surface area contributed by atoms with Crippen LogP contribution in [-0.4, -0.2) is 48.6 Å². The summed E-state index contributed by atoms with van der Waals surface area (Å²) in [5.41, 5.74) is -5.77. The summed E-state index contributed by atoms with van der Waals surface area (Å²) in [6.07, 6.45) is -3.49. The normalized spacial score (nSPS) is 18.4. The molecule has 1 N–H and O–H groups in total. The fourth-order valence-corrected chi connectivity index (χ4v) is 5.03. The zero-order chi connectivity index (χ0) is 36.1. The molecule has 0 saturated carbocycles. The molecule has 17 heteroatoms. The largest absolute Gasteiger partial charge is 0.444 e. The first-order chi connectivity index (χ1) is 22.7. The second kappa shape index (κ2) is 12.2. The van der Waals surface area contributed by atoms with Gasteiger partial charge in [0.05, 0.1) is 35.6 Å². The number of anilines is 1. The van der Waals surface area contributed by atoms with E-state index in [1.807, 2.05) is 6.07 Å². The monoisotopic (exact) mass is 686 g/mol. The van der Waals surface area contributed by atoms with Crippen LogP contribution in [-0.2, 0) is 33.3 Å². The summed E-state index contributed by atoms with van der Waals surface area (Å²) >= 11 is 0. The minimum Gasteiger partial charge on any atom is -0.444 e. The summed E-state index contributed by atoms with van der Waals surface area (Å²) in [5, 5.41) is 23.3. The number of amides is 2. The van der Waals surface area contributed by atoms with E-state index < -0.39 is 58.7 Å². The van der Waals surface area contributed by atoms with E-state index in [9.17, 15) is 28.0 Å². The Balaban J connectivity index is 1.58. The predicted octanol–water partition coefficient (Wildman–Crippen LogP) is 6.29. The van der Waals surface area contributed by atoms with Crippen molar-refractivity contribution in [3.63, 3.8) is 0 Å². The number of rotatable bonds is 6. The summed E-state index contributed by atoms with van der Waals surface area (Å²) in [6.45, 7) is 8.71. The van der Waals surface area contributed by atoms with Crippen molar-refractivity contribution in [3.8, 4) is 23.3 Å². The molecule has 2 amide bonds. The number of nitrogens with zero attached hydrogens (tertiary/aromatic N) is 7. The second-order valence-corrected chi connectivity index (χ2v) is 13.2. The highest BCUT2D eigenvalue weighted by Gasteiger charge is 2.44. The molecule has 4 aromatic rings. The van der Waals surface area contributed by atoms with E-state index in [0.717, 1.165) is 34.8 Å². The quantitative estimate of drug-likeness (QED) is 0.231. The van der Waals surface area contributed by atoms with Gasteiger partial charge in [-0.2, -0.15) is 23.5 Å². The molecule has 258 valence electrons. The average Bonchev–Trinajstić information content (AvgIpc) is 3.69. The number of alkyl halides is 4. The van der Waals surface area contributed by atoms with Crippen LogP contribution in [0.4, 0.5) is 32.4 Å². The highest BCUT2D eigenvalue weighted by atomic mass is 19.4. The first kappa shape index (κ1) is 34.9. The number of halogens is 5. The number of ether oxygens (including phenoxy) is 1. The van der Waals surface area contributed by atoms with Crippen LogP contribution in [0.2, 0.25) is 0 Å². The van der Waals surface area contributed by atoms with E-state index >= 15 is 8.78 Å². The van der Waals surface area contributed by atoms with Crippen molar-refractivity contribution < 1.29 is 40.7 Å². The van der Waals surface area contributed by atoms with Crippen LogP contribution < -0.4 is 10.2 Å². The SMILES string of the molecule is CC(C)(C)OC(=O)N[C@@H]1CC(C)(F)c2cc(F)c(-c3nnc(C(C)(C)C#N)o3)cc2N(Cc2ccc(-n3cc(C(F)(F)F)cn3)nc2)C1=O. The number of benzene rings is 1. The summed E-state index contributed by atoms with van der Waals surface area (Å²) in [6, 6.07) is 5.43. The van der Waals surface area contributed by atoms with Crippen LogP contribution in [0.1, 0.15) is 70.5 Å². The van der Waals surface area contributed by atoms with Gasteiger partial charge in [0.2, 0.25) is 11.8 Å². The van der Waals surface area contributed by atoms with Gasteiger partial charge in [-0.05, 0) is 65.3 Å². The van der Waals surface area contributed by atoms with Gasteiger partial charge in [0.15, 0.2) is 5.82 Å². The third-order valence-corrected chi connectivity index (χ3v) is 7.54. The zero-order valence-corrected chi connectivity index (χ0v) is 27.2. The number of fused-ring (bicyclic) bond motifs is 1. The lowest BCUT2D eigenvalue weighted by molar-refractivity contribution is -0.137. The third-order valence-electron chi connectivity index (χ3n) is 7.54. The first-order valence-corrected chi connectivity index (χ1v) is 14.8. The lowest BCUT2D eigenvalue weighted by Crippen LogP contribution is -2.50. The maximum atomic E-state index is 16.6. The average molecular weight is 687 g/mol. The molecular formula is C32H31F5N8O4. The maximum absolute atomic E-state index is 16.6. The molecule has 0 radical (unpaired) electrons. The molecule has 1 aliphatic rings. The summed E-state index contributed by atoms with van der Waals surface area (Å²) < 4.78 is 83.4. The molecule has 0 aliphatic carbocycles. The van der Waals surface area contributed by atoms with Gasteiger partial charge < -0.3 is 19.4 Å². The van der Waals surface area contributed by atoms with Gasteiger partial charge in [-0.3, -0.25) is 4.79 Å². The van der Waals surface area contributed by atoms with Gasteiger partial charge in [-0.25, -0.2) is 23.2 Å². The lowest BCUT2D eigenvalue weighted by Gasteiger charge is -2.27. The van der Waals surface area contributed by atoms with Crippen molar-refractivity contribution >= 4 is 17.7 Å². The number of nitrogens with one attached hydrogen (secondary N) is 1. The third kappa shape index (κ3) is 7.37. The molecule has 4 heterocycles. The molecule has 49 heavy (non-hydrogen) atoms. The topological polar surface area (TPSA) is 152 Å². The van der Waals surface area contributed by atoms with Crippen LogP contribution in [0.15, 0.2) is 47.3 Å². The van der Waals surface area contributed by atoms with Crippen LogP contribution >= 0.6 is 0 Å². The van der Waals surface area contributed by atoms with E-state index in [1.165, 1.54) is 32.2 Å². The molecule has 0 fully saturated rings. The Labute approximate surface area is 276 Å². The van der Waals surface area contributed by atoms with Gasteiger partial charge in [-0.1, -0.05) is 6.07 Å². The number of pyridine rings is 1. The number of nitriles is 1. The fraction of sp³-hybridized carbons (Fsp3) is 0.406. The van der Waals surface area contributed by atoms with Crippen molar-refractivity contribution in [3.05, 3.63) is 71.3 Å². The Morgan fingerprint density at radius 3 is 2.47 bits per heavy atom. The standard InChI is InChI=1S/C32H31F5N8O4/c1-29(2,3)49-28(47)41-22-11-31(6,34)20-10-21(33)19(25-42-43-27(48-25)30(4,5)16-38)9-23(20)44(26(22)46)14-17-7-8-24(39-12-17)45-15-18(13-40-45)32(35,36)37/h7-10,12-13,15,22H,11,14H2,1-6H3,(H,41,47)/t22-,31?/m1/s1. The number of alkyl carbamates (subject to hydrolysis) is 1. The number of carbonyl (C=O) groups excluding carboxylic acids is 2. The molecule has 0 saturated heterocycles. The fourth-order valence-electron chi connectivity index (χ4n) is 5.03. The number of carbonyl (C=O) groups is 2. The maximum Gasteiger partial charge on any atom is 0.419 e. The summed E-state index contributed by atoms with van der Waals surface area (Å²) in [7, 11) is 0. The van der Waals surface area contributed by atoms with Crippen molar-refractivity contribution in [1.82, 2.24) is 30.3 Å². The Bertz CT molecular complexity index is 1940. The Hall–Kier alpha value is -5.40. The van der Waals surface area contributed by atoms with Crippen molar-refractivity contribution in [1.29, 1.82) is 5.26 Å². The van der Waals surface area contributed by atoms with Crippen molar-refractivity contribution in [2.45, 2.75) is 83.4 Å². The Morgan fingerprint density at radius 2 is 1.88 bits per heavy atom. The molecule has 2 atom stereocenters. The number of aromatic nitrogens is 5. The summed E-state index contributed by atoms with van der Waals surface area (Å²) in [4.78, 5) is 32.2. The highest BCUT2D eigenvalue weighted by Crippen LogP contribution is 2.44. The zero-order valence-electron chi connectivity index (χ0n) is 27.2. The lowest BCUT2D eigenvalue weighted by atomic mass is 9.90. The molecule has 1 unspecified atom stereocenters. The molecule has 5 rings (SSSR count). The Morgan fingerprint density at radius 1 is 1.16 bits per heavy atom. The van der Waals surface area contributed by atoms with Crippen LogP contribution in [0.3, 0.4) is 0 Å². The smallest absolute Gasteiger partial charge is 0.419 e. The van der Waals surface area contributed by atoms with E-state index in [0.29, 0.717) is 11.8 Å². The van der Waals surface area contributed by atoms with Gasteiger partial charge >= 0.3 is 12.3 Å². The van der Waals surface area contributed by atoms with Gasteiger partial charge in [0.1, 0.15) is 28.5 Å². The van der Waals surface area contributed by atoms with Crippen molar-refractivity contribution in [2.75, 3.05) is 4.90 Å². The Kier molecular flexibility index (Phi) is 8.73. The molecule has 1 aliphatic heterocycles. The molecule has 0 bridgehead atoms. The van der Waals surface area contributed by atoms with Gasteiger partial charge in [0, 0.05) is 24.4 Å². The summed E-state index contributed by atoms with van der Waals surface area (Å²) in [5.74, 6) is -2.13. The molecular weight excluding hydrogens is 655 g/mol. The van der Waals surface area contributed by atoms with Crippen LogP contribution in [0, 0.1) is 17.1 Å². The second-order valence-electron chi connectivity index (χ2n) is 13.2. The van der Waals surface area contributed by atoms with E-state index in [-0.39, 0.29) is 41.0 Å². The van der Waals surface area contributed by atoms with E-state index in [2.05, 4.69) is 25.6 Å². The number of hydrogen-bond acceptors (Lipinski definition) is 9. The molecule has 0 spiro atoms. The first-order valence-electron chi connectivity index (χ1n) is 14.8.